The number of imidazole rings is 1. The van der Waals surface area contributed by atoms with E-state index < -0.39 is 7.81 Å². The van der Waals surface area contributed by atoms with Gasteiger partial charge in [-0.05, 0) is 6.92 Å². The van der Waals surface area contributed by atoms with E-state index >= 15 is 0 Å². The molecule has 0 saturated carbocycles. The second-order valence-electron chi connectivity index (χ2n) is 3.57. The van der Waals surface area contributed by atoms with Gasteiger partial charge in [-0.15, -0.1) is 0 Å². The predicted octanol–water partition coefficient (Wildman–Crippen LogP) is 3.42. The zero-order chi connectivity index (χ0) is 13.8. The van der Waals surface area contributed by atoms with Crippen molar-refractivity contribution in [3.8, 4) is 0 Å². The summed E-state index contributed by atoms with van der Waals surface area (Å²) in [6.45, 7) is 3.02. The normalized spacial score (nSPS) is 17.4. The van der Waals surface area contributed by atoms with Crippen molar-refractivity contribution in [1.29, 1.82) is 0 Å². The fourth-order valence-electron chi connectivity index (χ4n) is 0.812. The monoisotopic (exact) mass is 285 g/mol. The first-order chi connectivity index (χ1) is 7.24. The average Bonchev–Trinajstić information content (AvgIpc) is 2.45. The maximum absolute atomic E-state index is 10.7. The van der Waals surface area contributed by atoms with Crippen molar-refractivity contribution in [3.05, 3.63) is 18.7 Å². The molecule has 3 N–H and O–H groups in total. The second-order valence-corrected chi connectivity index (χ2v) is 5.49. The topological polar surface area (TPSA) is 45.7 Å². The molecule has 1 heterocycles. The molecule has 0 amide bonds. The summed E-state index contributed by atoms with van der Waals surface area (Å²) in [4.78, 5) is 2.98. The molecule has 3 nitrogen and oxygen atoms in total. The number of H-pyrrole nitrogens is 1. The van der Waals surface area contributed by atoms with Crippen LogP contribution in [0.3, 0.4) is 0 Å². The van der Waals surface area contributed by atoms with E-state index in [0.717, 1.165) is 13.0 Å². The molecule has 0 aliphatic rings. The van der Waals surface area contributed by atoms with Gasteiger partial charge in [0, 0.05) is 12.5 Å². The minimum absolute atomic E-state index is 0.294. The van der Waals surface area contributed by atoms with Gasteiger partial charge in [0.15, 0.2) is 0 Å². The molecule has 104 valence electrons. The van der Waals surface area contributed by atoms with E-state index in [-0.39, 0.29) is 0 Å². The van der Waals surface area contributed by atoms with Gasteiger partial charge in [0.1, 0.15) is 12.4 Å². The number of aromatic nitrogens is 2. The molecule has 0 saturated heterocycles. The molecule has 1 aromatic heterocycles. The molecule has 0 aliphatic carbocycles. The van der Waals surface area contributed by atoms with E-state index in [1.54, 1.807) is 0 Å². The van der Waals surface area contributed by atoms with E-state index in [4.69, 9.17) is 5.73 Å². The Hall–Kier alpha value is -0.820. The molecule has 0 fully saturated rings. The molecule has 0 bridgehead atoms. The molecule has 0 radical (unpaired) electrons. The molecular formula is C7H14F6N3P. The van der Waals surface area contributed by atoms with Crippen molar-refractivity contribution in [3.63, 3.8) is 0 Å². The van der Waals surface area contributed by atoms with Crippen LogP contribution in [0.1, 0.15) is 13.3 Å². The van der Waals surface area contributed by atoms with Crippen LogP contribution in [0, 0.1) is 0 Å². The first-order valence-corrected chi connectivity index (χ1v) is 6.60. The van der Waals surface area contributed by atoms with Crippen LogP contribution in [-0.2, 0) is 6.54 Å². The number of aryl methyl sites for hydroxylation is 1. The third kappa shape index (κ3) is 21.1. The average molecular weight is 285 g/mol. The van der Waals surface area contributed by atoms with Gasteiger partial charge in [0.2, 0.25) is 6.33 Å². The van der Waals surface area contributed by atoms with Crippen LogP contribution in [0.2, 0.25) is 0 Å². The predicted molar refractivity (Wildman–Crippen MR) is 52.8 cm³/mol. The molecule has 17 heavy (non-hydrogen) atoms. The van der Waals surface area contributed by atoms with Gasteiger partial charge in [-0.1, -0.05) is 0 Å². The Balaban J connectivity index is 0.000000325. The number of nitrogens with two attached hydrogens (primary N) is 1. The number of rotatable bonds is 3. The van der Waals surface area contributed by atoms with E-state index in [1.165, 1.54) is 0 Å². The summed E-state index contributed by atoms with van der Waals surface area (Å²) in [5.41, 5.74) is 5.59. The van der Waals surface area contributed by atoms with Gasteiger partial charge >= 0.3 is 33.0 Å². The fourth-order valence-corrected chi connectivity index (χ4v) is 0.812. The van der Waals surface area contributed by atoms with Gasteiger partial charge in [0.05, 0.1) is 6.54 Å². The summed E-state index contributed by atoms with van der Waals surface area (Å²) in [5.74, 6) is 0. The summed E-state index contributed by atoms with van der Waals surface area (Å²) < 4.78 is 61.3. The second kappa shape index (κ2) is 4.45. The first-order valence-electron chi connectivity index (χ1n) is 4.58. The fraction of sp³-hybridized carbons (Fsp3) is 0.571. The van der Waals surface area contributed by atoms with Crippen LogP contribution in [-0.4, -0.2) is 11.0 Å². The Labute approximate surface area is 93.9 Å². The summed E-state index contributed by atoms with van der Waals surface area (Å²) in [5, 5.41) is 0. The Bertz CT molecular complexity index is 317. The maximum atomic E-state index is 9.87. The third-order valence-corrected chi connectivity index (χ3v) is 1.45. The van der Waals surface area contributed by atoms with Crippen LogP contribution in [0.4, 0.5) is 25.2 Å². The van der Waals surface area contributed by atoms with Crippen LogP contribution in [0.5, 0.6) is 0 Å². The molecule has 1 atom stereocenters. The van der Waals surface area contributed by atoms with Crippen LogP contribution in [0.25, 0.3) is 0 Å². The molecular weight excluding hydrogens is 271 g/mol. The van der Waals surface area contributed by atoms with Gasteiger partial charge in [-0.25, -0.2) is 4.57 Å². The van der Waals surface area contributed by atoms with Crippen molar-refractivity contribution in [2.75, 3.05) is 0 Å². The molecule has 0 aliphatic heterocycles. The van der Waals surface area contributed by atoms with Crippen molar-refractivity contribution in [1.82, 2.24) is 4.98 Å². The van der Waals surface area contributed by atoms with Crippen molar-refractivity contribution < 1.29 is 29.7 Å². The quantitative estimate of drug-likeness (QED) is 0.499. The number of halogens is 6. The number of hydrogen-bond donors (Lipinski definition) is 2. The van der Waals surface area contributed by atoms with E-state index in [0.29, 0.717) is 6.04 Å². The van der Waals surface area contributed by atoms with Gasteiger partial charge in [0.25, 0.3) is 0 Å². The Kier molecular flexibility index (Phi) is 4.24. The molecule has 0 aromatic carbocycles. The van der Waals surface area contributed by atoms with Crippen molar-refractivity contribution in [2.45, 2.75) is 25.9 Å². The summed E-state index contributed by atoms with van der Waals surface area (Å²) in [6, 6.07) is 0.294. The Morgan fingerprint density at radius 1 is 1.24 bits per heavy atom. The van der Waals surface area contributed by atoms with Crippen molar-refractivity contribution >= 4 is 7.81 Å². The molecule has 10 heteroatoms. The number of nitrogens with one attached hydrogen (secondary N) is 1. The summed E-state index contributed by atoms with van der Waals surface area (Å²) in [6.07, 6.45) is 6.87. The van der Waals surface area contributed by atoms with Crippen LogP contribution < -0.4 is 10.3 Å². The number of hydrogen-bond acceptors (Lipinski definition) is 1. The summed E-state index contributed by atoms with van der Waals surface area (Å²) >= 11 is 0. The van der Waals surface area contributed by atoms with Gasteiger partial charge in [-0.3, -0.25) is 4.98 Å². The SMILES string of the molecule is CC(N)CC[n+]1cc[nH]c1.F[P-](F)(F)(F)(F)F. The van der Waals surface area contributed by atoms with E-state index in [9.17, 15) is 25.2 Å². The first kappa shape index (κ1) is 16.2. The molecule has 1 rings (SSSR count). The molecule has 1 aromatic rings. The zero-order valence-electron chi connectivity index (χ0n) is 8.96. The van der Waals surface area contributed by atoms with Crippen molar-refractivity contribution in [2.24, 2.45) is 5.73 Å². The Morgan fingerprint density at radius 3 is 2.00 bits per heavy atom. The minimum atomic E-state index is -10.7. The third-order valence-electron chi connectivity index (χ3n) is 1.45. The van der Waals surface area contributed by atoms with Gasteiger partial charge in [-0.2, -0.15) is 0 Å². The zero-order valence-corrected chi connectivity index (χ0v) is 9.86. The molecule has 0 spiro atoms. The van der Waals surface area contributed by atoms with E-state index in [2.05, 4.69) is 9.55 Å². The number of aromatic amines is 1. The van der Waals surface area contributed by atoms with E-state index in [1.807, 2.05) is 25.6 Å². The van der Waals surface area contributed by atoms with Crippen LogP contribution in [0.15, 0.2) is 18.7 Å². The molecule has 1 unspecified atom stereocenters. The summed E-state index contributed by atoms with van der Waals surface area (Å²) in [7, 11) is -10.7. The van der Waals surface area contributed by atoms with Gasteiger partial charge < -0.3 is 5.73 Å². The Morgan fingerprint density at radius 2 is 1.71 bits per heavy atom. The standard InChI is InChI=1S/C7H13N3.F6P/c1-7(8)2-4-10-5-3-9-6-10;1-7(2,3,4,5)6/h3,5-7H,2,4,8H2,1H3;/q;-1/p+1. The number of nitrogens with zero attached hydrogens (tertiary/aromatic N) is 1. The van der Waals surface area contributed by atoms with Crippen LogP contribution >= 0.6 is 7.81 Å².